The minimum Gasteiger partial charge on any atom is -0.333 e. The summed E-state index contributed by atoms with van der Waals surface area (Å²) in [7, 11) is 0. The molecule has 3 atom stereocenters. The van der Waals surface area contributed by atoms with Crippen LogP contribution in [0, 0.1) is 12.8 Å². The van der Waals surface area contributed by atoms with Crippen LogP contribution in [0.2, 0.25) is 0 Å². The van der Waals surface area contributed by atoms with Gasteiger partial charge in [0.25, 0.3) is 5.91 Å². The number of hydrogen-bond acceptors (Lipinski definition) is 2. The van der Waals surface area contributed by atoms with Crippen molar-refractivity contribution in [2.75, 3.05) is 4.90 Å². The second kappa shape index (κ2) is 6.21. The maximum absolute atomic E-state index is 12.7. The van der Waals surface area contributed by atoms with Gasteiger partial charge in [-0.2, -0.15) is 0 Å². The summed E-state index contributed by atoms with van der Waals surface area (Å²) in [6.07, 6.45) is 5.25. The van der Waals surface area contributed by atoms with Gasteiger partial charge < -0.3 is 5.32 Å². The summed E-state index contributed by atoms with van der Waals surface area (Å²) in [5.41, 5.74) is 1.83. The molecule has 0 radical (unpaired) electrons. The molecule has 22 heavy (non-hydrogen) atoms. The number of rotatable bonds is 3. The predicted octanol–water partition coefficient (Wildman–Crippen LogP) is 1.77. The fourth-order valence-electron chi connectivity index (χ4n) is 3.70. The average Bonchev–Trinajstić information content (AvgIpc) is 2.77. The lowest BCUT2D eigenvalue weighted by Crippen LogP contribution is -2.97. The Kier molecular flexibility index (Phi) is 4.30. The van der Waals surface area contributed by atoms with E-state index in [9.17, 15) is 9.59 Å². The van der Waals surface area contributed by atoms with Crippen LogP contribution in [-0.2, 0) is 9.59 Å². The van der Waals surface area contributed by atoms with Gasteiger partial charge in [-0.15, -0.1) is 0 Å². The van der Waals surface area contributed by atoms with Crippen molar-refractivity contribution in [3.63, 3.8) is 0 Å². The Morgan fingerprint density at radius 3 is 2.45 bits per heavy atom. The molecule has 1 saturated carbocycles. The van der Waals surface area contributed by atoms with Gasteiger partial charge in [0.05, 0.1) is 18.2 Å². The molecule has 1 saturated heterocycles. The number of amides is 2. The molecule has 3 rings (SSSR count). The number of carbonyl (C=O) groups excluding carboxylic acids is 2. The summed E-state index contributed by atoms with van der Waals surface area (Å²) in [5.74, 6) is 0.510. The number of quaternary nitrogens is 1. The Balaban J connectivity index is 1.72. The standard InChI is InChI=1S/C18H24N2O2/c1-12-7-9-14(10-8-12)20-17(21)11-16(18(20)22)19-15-6-4-3-5-13(15)2/h7-10,13,15-16,19H,3-6,11H2,1-2H3/p+1/t13-,15-,16+/m0/s1. The van der Waals surface area contributed by atoms with Gasteiger partial charge >= 0.3 is 0 Å². The van der Waals surface area contributed by atoms with E-state index in [1.165, 1.54) is 24.2 Å². The van der Waals surface area contributed by atoms with Crippen molar-refractivity contribution >= 4 is 17.5 Å². The summed E-state index contributed by atoms with van der Waals surface area (Å²) in [4.78, 5) is 26.3. The molecule has 4 heteroatoms. The van der Waals surface area contributed by atoms with E-state index >= 15 is 0 Å². The Morgan fingerprint density at radius 2 is 1.77 bits per heavy atom. The van der Waals surface area contributed by atoms with Crippen LogP contribution in [0.4, 0.5) is 5.69 Å². The zero-order chi connectivity index (χ0) is 15.7. The molecule has 1 aliphatic carbocycles. The lowest BCUT2D eigenvalue weighted by molar-refractivity contribution is -0.715. The molecule has 4 nitrogen and oxygen atoms in total. The van der Waals surface area contributed by atoms with Crippen molar-refractivity contribution in [1.82, 2.24) is 0 Å². The largest absolute Gasteiger partial charge is 0.333 e. The van der Waals surface area contributed by atoms with Crippen LogP contribution in [0.15, 0.2) is 24.3 Å². The van der Waals surface area contributed by atoms with E-state index in [0.717, 1.165) is 12.0 Å². The molecule has 1 aromatic carbocycles. The van der Waals surface area contributed by atoms with Gasteiger partial charge in [-0.1, -0.05) is 31.0 Å². The summed E-state index contributed by atoms with van der Waals surface area (Å²) in [6, 6.07) is 7.84. The molecule has 0 bridgehead atoms. The van der Waals surface area contributed by atoms with Crippen molar-refractivity contribution < 1.29 is 14.9 Å². The molecule has 1 aliphatic heterocycles. The predicted molar refractivity (Wildman–Crippen MR) is 85.4 cm³/mol. The topological polar surface area (TPSA) is 54.0 Å². The van der Waals surface area contributed by atoms with Crippen LogP contribution in [0.5, 0.6) is 0 Å². The van der Waals surface area contributed by atoms with Gasteiger partial charge in [-0.3, -0.25) is 9.59 Å². The molecule has 118 valence electrons. The average molecular weight is 301 g/mol. The van der Waals surface area contributed by atoms with E-state index < -0.39 is 0 Å². The normalized spacial score (nSPS) is 29.2. The fourth-order valence-corrected chi connectivity index (χ4v) is 3.70. The summed E-state index contributed by atoms with van der Waals surface area (Å²) >= 11 is 0. The van der Waals surface area contributed by atoms with Crippen molar-refractivity contribution in [3.8, 4) is 0 Å². The first-order chi connectivity index (χ1) is 10.6. The van der Waals surface area contributed by atoms with E-state index in [0.29, 0.717) is 24.1 Å². The van der Waals surface area contributed by atoms with Crippen molar-refractivity contribution in [1.29, 1.82) is 0 Å². The first-order valence-electron chi connectivity index (χ1n) is 8.34. The highest BCUT2D eigenvalue weighted by Gasteiger charge is 2.44. The molecule has 2 fully saturated rings. The second-order valence-corrected chi connectivity index (χ2v) is 6.83. The highest BCUT2D eigenvalue weighted by Crippen LogP contribution is 2.24. The van der Waals surface area contributed by atoms with E-state index in [4.69, 9.17) is 0 Å². The monoisotopic (exact) mass is 301 g/mol. The molecule has 2 amide bonds. The van der Waals surface area contributed by atoms with Gasteiger partial charge in [0.15, 0.2) is 6.04 Å². The van der Waals surface area contributed by atoms with Gasteiger partial charge in [-0.05, 0) is 38.3 Å². The maximum atomic E-state index is 12.7. The Morgan fingerprint density at radius 1 is 1.09 bits per heavy atom. The van der Waals surface area contributed by atoms with Gasteiger partial charge in [-0.25, -0.2) is 4.90 Å². The zero-order valence-corrected chi connectivity index (χ0v) is 13.4. The number of nitrogens with two attached hydrogens (primary N) is 1. The van der Waals surface area contributed by atoms with E-state index in [-0.39, 0.29) is 17.9 Å². The highest BCUT2D eigenvalue weighted by atomic mass is 16.2. The number of nitrogens with zero attached hydrogens (tertiary/aromatic N) is 1. The molecule has 2 N–H and O–H groups in total. The number of carbonyl (C=O) groups is 2. The third kappa shape index (κ3) is 2.93. The first-order valence-corrected chi connectivity index (χ1v) is 8.34. The lowest BCUT2D eigenvalue weighted by Gasteiger charge is -2.28. The molecule has 1 heterocycles. The first kappa shape index (κ1) is 15.2. The van der Waals surface area contributed by atoms with Crippen LogP contribution in [0.3, 0.4) is 0 Å². The lowest BCUT2D eigenvalue weighted by atomic mass is 9.85. The number of hydrogen-bond donors (Lipinski definition) is 1. The van der Waals surface area contributed by atoms with Gasteiger partial charge in [0, 0.05) is 5.92 Å². The summed E-state index contributed by atoms with van der Waals surface area (Å²) in [6.45, 7) is 4.26. The molecule has 0 unspecified atom stereocenters. The zero-order valence-electron chi connectivity index (χ0n) is 13.4. The van der Waals surface area contributed by atoms with Crippen LogP contribution in [0.25, 0.3) is 0 Å². The number of imide groups is 1. The summed E-state index contributed by atoms with van der Waals surface area (Å²) in [5, 5.41) is 2.16. The van der Waals surface area contributed by atoms with Gasteiger partial charge in [0.2, 0.25) is 5.91 Å². The van der Waals surface area contributed by atoms with E-state index in [1.54, 1.807) is 0 Å². The number of anilines is 1. The minimum atomic E-state index is -0.237. The molecular formula is C18H25N2O2+. The second-order valence-electron chi connectivity index (χ2n) is 6.83. The van der Waals surface area contributed by atoms with E-state index in [2.05, 4.69) is 12.2 Å². The highest BCUT2D eigenvalue weighted by molar-refractivity contribution is 6.21. The molecule has 1 aromatic rings. The van der Waals surface area contributed by atoms with Crippen LogP contribution < -0.4 is 10.2 Å². The third-order valence-electron chi connectivity index (χ3n) is 5.13. The fraction of sp³-hybridized carbons (Fsp3) is 0.556. The Bertz CT molecular complexity index is 567. The molecule has 0 aromatic heterocycles. The van der Waals surface area contributed by atoms with Crippen molar-refractivity contribution in [2.45, 2.75) is 58.0 Å². The van der Waals surface area contributed by atoms with E-state index in [1.807, 2.05) is 31.2 Å². The molecule has 0 spiro atoms. The van der Waals surface area contributed by atoms with Gasteiger partial charge in [0.1, 0.15) is 0 Å². The Labute approximate surface area is 131 Å². The smallest absolute Gasteiger partial charge is 0.292 e. The summed E-state index contributed by atoms with van der Waals surface area (Å²) < 4.78 is 0. The third-order valence-corrected chi connectivity index (χ3v) is 5.13. The molecular weight excluding hydrogens is 276 g/mol. The quantitative estimate of drug-likeness (QED) is 0.865. The number of benzene rings is 1. The Hall–Kier alpha value is -1.68. The number of aryl methyl sites for hydroxylation is 1. The minimum absolute atomic E-state index is 0.0494. The van der Waals surface area contributed by atoms with Crippen molar-refractivity contribution in [2.24, 2.45) is 5.92 Å². The van der Waals surface area contributed by atoms with Crippen LogP contribution in [0.1, 0.15) is 44.6 Å². The van der Waals surface area contributed by atoms with Crippen LogP contribution in [-0.4, -0.2) is 23.9 Å². The van der Waals surface area contributed by atoms with Crippen LogP contribution >= 0.6 is 0 Å². The molecule has 2 aliphatic rings. The SMILES string of the molecule is Cc1ccc(N2C(=O)C[C@@H]([NH2+][C@H]3CCCC[C@@H]3C)C2=O)cc1. The van der Waals surface area contributed by atoms with Crippen molar-refractivity contribution in [3.05, 3.63) is 29.8 Å². The maximum Gasteiger partial charge on any atom is 0.292 e.